The van der Waals surface area contributed by atoms with Gasteiger partial charge in [0.25, 0.3) is 5.91 Å². The van der Waals surface area contributed by atoms with Crippen LogP contribution in [0.5, 0.6) is 0 Å². The van der Waals surface area contributed by atoms with Crippen LogP contribution in [0.3, 0.4) is 0 Å². The number of benzene rings is 1. The Bertz CT molecular complexity index is 931. The van der Waals surface area contributed by atoms with Crippen molar-refractivity contribution >= 4 is 27.3 Å². The number of piperidine rings is 1. The molecule has 0 spiro atoms. The second kappa shape index (κ2) is 7.98. The summed E-state index contributed by atoms with van der Waals surface area (Å²) in [7, 11) is -3.60. The van der Waals surface area contributed by atoms with Crippen molar-refractivity contribution in [2.75, 3.05) is 13.1 Å². The van der Waals surface area contributed by atoms with Gasteiger partial charge in [-0.3, -0.25) is 4.79 Å². The van der Waals surface area contributed by atoms with Crippen molar-refractivity contribution < 1.29 is 13.2 Å². The van der Waals surface area contributed by atoms with Crippen molar-refractivity contribution in [2.45, 2.75) is 37.3 Å². The second-order valence-electron chi connectivity index (χ2n) is 7.21. The van der Waals surface area contributed by atoms with Crippen LogP contribution < -0.4 is 0 Å². The monoisotopic (exact) mass is 406 g/mol. The van der Waals surface area contributed by atoms with Crippen LogP contribution in [0.2, 0.25) is 5.02 Å². The van der Waals surface area contributed by atoms with Gasteiger partial charge in [-0.15, -0.1) is 0 Å². The molecular formula is C20H23ClN2O3S. The van der Waals surface area contributed by atoms with Gasteiger partial charge in [0.2, 0.25) is 0 Å². The van der Waals surface area contributed by atoms with Gasteiger partial charge in [-0.05, 0) is 61.6 Å². The fourth-order valence-electron chi connectivity index (χ4n) is 3.21. The predicted molar refractivity (Wildman–Crippen MR) is 106 cm³/mol. The van der Waals surface area contributed by atoms with Crippen molar-refractivity contribution in [3.63, 3.8) is 0 Å². The summed E-state index contributed by atoms with van der Waals surface area (Å²) in [5.41, 5.74) is 1.42. The van der Waals surface area contributed by atoms with Crippen molar-refractivity contribution in [1.82, 2.24) is 9.88 Å². The summed E-state index contributed by atoms with van der Waals surface area (Å²) in [6, 6.07) is 9.68. The number of hydrogen-bond acceptors (Lipinski definition) is 4. The Labute approximate surface area is 165 Å². The molecule has 0 unspecified atom stereocenters. The molecule has 144 valence electrons. The Balaban J connectivity index is 1.80. The van der Waals surface area contributed by atoms with E-state index < -0.39 is 9.84 Å². The molecule has 1 fully saturated rings. The van der Waals surface area contributed by atoms with Gasteiger partial charge in [0.05, 0.1) is 16.3 Å². The maximum Gasteiger partial charge on any atom is 0.272 e. The summed E-state index contributed by atoms with van der Waals surface area (Å²) >= 11 is 5.99. The first-order chi connectivity index (χ1) is 12.7. The van der Waals surface area contributed by atoms with Gasteiger partial charge in [0, 0.05) is 18.1 Å². The third kappa shape index (κ3) is 4.87. The first-order valence-corrected chi connectivity index (χ1v) is 11.0. The van der Waals surface area contributed by atoms with Gasteiger partial charge in [-0.1, -0.05) is 24.6 Å². The summed E-state index contributed by atoms with van der Waals surface area (Å²) in [4.78, 5) is 19.0. The molecule has 2 heterocycles. The standard InChI is InChI=1S/C20H23ClN2O3S/c1-14-6-8-23(9-7-14)20(24)19-5-3-4-17(22-19)13-27(25,26)18-11-15(2)10-16(21)12-18/h3-5,10-12,14H,6-9,13H2,1-2H3. The summed E-state index contributed by atoms with van der Waals surface area (Å²) in [5.74, 6) is 0.213. The maximum absolute atomic E-state index is 12.7. The summed E-state index contributed by atoms with van der Waals surface area (Å²) in [6.07, 6.45) is 1.96. The third-order valence-corrected chi connectivity index (χ3v) is 6.66. The molecule has 1 amide bonds. The minimum absolute atomic E-state index is 0.139. The van der Waals surface area contributed by atoms with Gasteiger partial charge in [-0.25, -0.2) is 13.4 Å². The topological polar surface area (TPSA) is 67.3 Å². The number of rotatable bonds is 4. The molecule has 1 aromatic carbocycles. The molecule has 3 rings (SSSR count). The average Bonchev–Trinajstić information content (AvgIpc) is 2.61. The number of aromatic nitrogens is 1. The number of hydrogen-bond donors (Lipinski definition) is 0. The van der Waals surface area contributed by atoms with Gasteiger partial charge in [0.1, 0.15) is 5.69 Å². The molecule has 1 aliphatic heterocycles. The molecule has 1 saturated heterocycles. The first kappa shape index (κ1) is 19.8. The minimum atomic E-state index is -3.60. The number of likely N-dealkylation sites (tertiary alicyclic amines) is 1. The Kier molecular flexibility index (Phi) is 5.86. The van der Waals surface area contributed by atoms with E-state index >= 15 is 0 Å². The van der Waals surface area contributed by atoms with Crippen LogP contribution >= 0.6 is 11.6 Å². The number of nitrogens with zero attached hydrogens (tertiary/aromatic N) is 2. The van der Waals surface area contributed by atoms with E-state index in [1.165, 1.54) is 6.07 Å². The highest BCUT2D eigenvalue weighted by atomic mass is 35.5. The summed E-state index contributed by atoms with van der Waals surface area (Å²) in [5, 5.41) is 0.379. The Morgan fingerprint density at radius 2 is 1.93 bits per heavy atom. The van der Waals surface area contributed by atoms with Crippen LogP contribution in [0, 0.1) is 12.8 Å². The molecular weight excluding hydrogens is 384 g/mol. The molecule has 0 bridgehead atoms. The molecule has 7 heteroatoms. The Hall–Kier alpha value is -1.92. The van der Waals surface area contributed by atoms with Crippen molar-refractivity contribution in [3.05, 3.63) is 58.4 Å². The summed E-state index contributed by atoms with van der Waals surface area (Å²) in [6.45, 7) is 5.41. The van der Waals surface area contributed by atoms with E-state index in [1.54, 1.807) is 42.2 Å². The number of carbonyl (C=O) groups is 1. The quantitative estimate of drug-likeness (QED) is 0.772. The molecule has 0 saturated carbocycles. The largest absolute Gasteiger partial charge is 0.337 e. The van der Waals surface area contributed by atoms with Crippen LogP contribution in [0.25, 0.3) is 0 Å². The van der Waals surface area contributed by atoms with Gasteiger partial charge >= 0.3 is 0 Å². The molecule has 5 nitrogen and oxygen atoms in total. The second-order valence-corrected chi connectivity index (χ2v) is 9.64. The van der Waals surface area contributed by atoms with E-state index in [4.69, 9.17) is 11.6 Å². The molecule has 0 N–H and O–H groups in total. The Morgan fingerprint density at radius 1 is 1.22 bits per heavy atom. The SMILES string of the molecule is Cc1cc(Cl)cc(S(=O)(=O)Cc2cccc(C(=O)N3CCC(C)CC3)n2)c1. The lowest BCUT2D eigenvalue weighted by atomic mass is 9.99. The number of pyridine rings is 1. The van der Waals surface area contributed by atoms with Gasteiger partial charge < -0.3 is 4.90 Å². The van der Waals surface area contributed by atoms with Crippen molar-refractivity contribution in [1.29, 1.82) is 0 Å². The zero-order valence-corrected chi connectivity index (χ0v) is 17.1. The minimum Gasteiger partial charge on any atom is -0.337 e. The average molecular weight is 407 g/mol. The third-order valence-electron chi connectivity index (χ3n) is 4.81. The highest BCUT2D eigenvalue weighted by Gasteiger charge is 2.23. The smallest absolute Gasteiger partial charge is 0.272 e. The molecule has 1 aliphatic rings. The van der Waals surface area contributed by atoms with Gasteiger partial charge in [-0.2, -0.15) is 0 Å². The zero-order valence-electron chi connectivity index (χ0n) is 15.5. The first-order valence-electron chi connectivity index (χ1n) is 9.00. The fraction of sp³-hybridized carbons (Fsp3) is 0.400. The van der Waals surface area contributed by atoms with E-state index in [0.29, 0.717) is 35.4 Å². The number of carbonyl (C=O) groups excluding carboxylic acids is 1. The molecule has 27 heavy (non-hydrogen) atoms. The number of aryl methyl sites for hydroxylation is 1. The predicted octanol–water partition coefficient (Wildman–Crippen LogP) is 3.89. The van der Waals surface area contributed by atoms with Crippen LogP contribution in [-0.4, -0.2) is 37.3 Å². The lowest BCUT2D eigenvalue weighted by Crippen LogP contribution is -2.38. The van der Waals surface area contributed by atoms with E-state index in [-0.39, 0.29) is 16.6 Å². The van der Waals surface area contributed by atoms with Crippen LogP contribution in [0.15, 0.2) is 41.3 Å². The van der Waals surface area contributed by atoms with Gasteiger partial charge in [0.15, 0.2) is 9.84 Å². The molecule has 0 radical (unpaired) electrons. The maximum atomic E-state index is 12.7. The van der Waals surface area contributed by atoms with Crippen LogP contribution in [-0.2, 0) is 15.6 Å². The lowest BCUT2D eigenvalue weighted by molar-refractivity contribution is 0.0691. The fourth-order valence-corrected chi connectivity index (χ4v) is 4.96. The van der Waals surface area contributed by atoms with Crippen LogP contribution in [0.1, 0.15) is 41.5 Å². The zero-order chi connectivity index (χ0) is 19.6. The highest BCUT2D eigenvalue weighted by molar-refractivity contribution is 7.90. The van der Waals surface area contributed by atoms with Crippen molar-refractivity contribution in [3.8, 4) is 0 Å². The van der Waals surface area contributed by atoms with Crippen molar-refractivity contribution in [2.24, 2.45) is 5.92 Å². The molecule has 0 aliphatic carbocycles. The molecule has 0 atom stereocenters. The lowest BCUT2D eigenvalue weighted by Gasteiger charge is -2.30. The highest BCUT2D eigenvalue weighted by Crippen LogP contribution is 2.22. The number of sulfone groups is 1. The van der Waals surface area contributed by atoms with Crippen LogP contribution in [0.4, 0.5) is 0 Å². The normalized spacial score (nSPS) is 15.7. The van der Waals surface area contributed by atoms with E-state index in [9.17, 15) is 13.2 Å². The number of halogens is 1. The van der Waals surface area contributed by atoms with E-state index in [0.717, 1.165) is 18.4 Å². The Morgan fingerprint density at radius 3 is 2.59 bits per heavy atom. The summed E-state index contributed by atoms with van der Waals surface area (Å²) < 4.78 is 25.5. The molecule has 2 aromatic rings. The van der Waals surface area contributed by atoms with E-state index in [2.05, 4.69) is 11.9 Å². The number of amides is 1. The molecule has 1 aromatic heterocycles. The van der Waals surface area contributed by atoms with E-state index in [1.807, 2.05) is 0 Å².